The van der Waals surface area contributed by atoms with Gasteiger partial charge in [0.15, 0.2) is 0 Å². The van der Waals surface area contributed by atoms with Gasteiger partial charge in [-0.2, -0.15) is 11.8 Å². The Morgan fingerprint density at radius 3 is 2.54 bits per heavy atom. The highest BCUT2D eigenvalue weighted by molar-refractivity contribution is 7.98. The molecule has 0 fully saturated rings. The maximum atomic E-state index is 12.3. The molecular formula is C18H23ClN4O2S. The van der Waals surface area contributed by atoms with E-state index in [0.29, 0.717) is 23.4 Å². The molecular weight excluding hydrogens is 372 g/mol. The van der Waals surface area contributed by atoms with Crippen LogP contribution < -0.4 is 16.4 Å². The third-order valence-electron chi connectivity index (χ3n) is 3.67. The first-order chi connectivity index (χ1) is 12.0. The number of halogens is 1. The molecule has 0 spiro atoms. The van der Waals surface area contributed by atoms with Gasteiger partial charge in [-0.25, -0.2) is 0 Å². The summed E-state index contributed by atoms with van der Waals surface area (Å²) in [6.45, 7) is 1.89. The average molecular weight is 395 g/mol. The molecule has 1 heterocycles. The predicted octanol–water partition coefficient (Wildman–Crippen LogP) is 3.08. The molecule has 0 saturated carbocycles. The molecule has 8 heteroatoms. The zero-order valence-corrected chi connectivity index (χ0v) is 16.3. The molecule has 2 aromatic rings. The number of benzene rings is 1. The van der Waals surface area contributed by atoms with Gasteiger partial charge in [-0.05, 0) is 55.2 Å². The number of nitrogens with two attached hydrogens (primary N) is 1. The van der Waals surface area contributed by atoms with E-state index in [1.165, 1.54) is 0 Å². The Balaban J connectivity index is 0.00000338. The lowest BCUT2D eigenvalue weighted by Crippen LogP contribution is -2.36. The minimum atomic E-state index is -0.552. The van der Waals surface area contributed by atoms with Gasteiger partial charge in [0.05, 0.1) is 6.04 Å². The highest BCUT2D eigenvalue weighted by Crippen LogP contribution is 2.21. The van der Waals surface area contributed by atoms with E-state index in [2.05, 4.69) is 15.6 Å². The summed E-state index contributed by atoms with van der Waals surface area (Å²) in [5.41, 5.74) is 8.52. The van der Waals surface area contributed by atoms with E-state index in [1.54, 1.807) is 48.4 Å². The molecule has 0 saturated heterocycles. The Morgan fingerprint density at radius 2 is 1.88 bits per heavy atom. The van der Waals surface area contributed by atoms with Crippen molar-refractivity contribution < 1.29 is 9.59 Å². The minimum absolute atomic E-state index is 0. The van der Waals surface area contributed by atoms with Gasteiger partial charge in [-0.15, -0.1) is 12.4 Å². The molecule has 0 bridgehead atoms. The summed E-state index contributed by atoms with van der Waals surface area (Å²) < 4.78 is 0. The topological polar surface area (TPSA) is 97.1 Å². The lowest BCUT2D eigenvalue weighted by molar-refractivity contribution is -0.117. The number of amides is 2. The van der Waals surface area contributed by atoms with Crippen LogP contribution in [0.1, 0.15) is 22.3 Å². The van der Waals surface area contributed by atoms with Gasteiger partial charge < -0.3 is 16.4 Å². The molecule has 0 aliphatic rings. The van der Waals surface area contributed by atoms with Crippen LogP contribution in [0.15, 0.2) is 42.7 Å². The second-order valence-corrected chi connectivity index (χ2v) is 6.58. The Bertz CT molecular complexity index is 743. The molecule has 0 radical (unpaired) electrons. The van der Waals surface area contributed by atoms with Gasteiger partial charge in [-0.1, -0.05) is 6.07 Å². The Kier molecular flexibility index (Phi) is 9.12. The lowest BCUT2D eigenvalue weighted by Gasteiger charge is -2.14. The number of rotatable bonds is 7. The second-order valence-electron chi connectivity index (χ2n) is 5.60. The molecule has 26 heavy (non-hydrogen) atoms. The molecule has 4 N–H and O–H groups in total. The highest BCUT2D eigenvalue weighted by Gasteiger charge is 2.14. The molecule has 0 unspecified atom stereocenters. The number of aromatic nitrogens is 1. The fourth-order valence-electron chi connectivity index (χ4n) is 2.14. The van der Waals surface area contributed by atoms with Gasteiger partial charge >= 0.3 is 0 Å². The van der Waals surface area contributed by atoms with Gasteiger partial charge in [0.2, 0.25) is 5.91 Å². The van der Waals surface area contributed by atoms with Crippen molar-refractivity contribution >= 4 is 47.4 Å². The predicted molar refractivity (Wildman–Crippen MR) is 110 cm³/mol. The van der Waals surface area contributed by atoms with Crippen LogP contribution in [0.2, 0.25) is 0 Å². The van der Waals surface area contributed by atoms with E-state index in [-0.39, 0.29) is 24.2 Å². The summed E-state index contributed by atoms with van der Waals surface area (Å²) >= 11 is 1.65. The highest BCUT2D eigenvalue weighted by atomic mass is 35.5. The summed E-state index contributed by atoms with van der Waals surface area (Å²) in [6.07, 6.45) is 5.72. The molecule has 1 aromatic heterocycles. The van der Waals surface area contributed by atoms with E-state index in [9.17, 15) is 9.59 Å². The van der Waals surface area contributed by atoms with Crippen LogP contribution in [0.5, 0.6) is 0 Å². The fourth-order valence-corrected chi connectivity index (χ4v) is 2.63. The molecule has 140 valence electrons. The molecule has 2 amide bonds. The normalized spacial score (nSPS) is 11.2. The minimum Gasteiger partial charge on any atom is -0.325 e. The van der Waals surface area contributed by atoms with E-state index in [4.69, 9.17) is 5.73 Å². The van der Waals surface area contributed by atoms with Crippen LogP contribution in [-0.4, -0.2) is 34.8 Å². The number of anilines is 2. The number of pyridine rings is 1. The zero-order chi connectivity index (χ0) is 18.2. The van der Waals surface area contributed by atoms with E-state index >= 15 is 0 Å². The van der Waals surface area contributed by atoms with Crippen LogP contribution in [0.25, 0.3) is 0 Å². The molecule has 2 rings (SSSR count). The van der Waals surface area contributed by atoms with Crippen LogP contribution in [-0.2, 0) is 4.79 Å². The second kappa shape index (κ2) is 10.8. The summed E-state index contributed by atoms with van der Waals surface area (Å²) in [4.78, 5) is 28.3. The van der Waals surface area contributed by atoms with E-state index in [0.717, 1.165) is 11.3 Å². The first-order valence-electron chi connectivity index (χ1n) is 7.88. The van der Waals surface area contributed by atoms with Crippen LogP contribution in [0, 0.1) is 6.92 Å². The molecule has 0 aliphatic carbocycles. The van der Waals surface area contributed by atoms with Crippen molar-refractivity contribution in [3.8, 4) is 0 Å². The maximum Gasteiger partial charge on any atom is 0.255 e. The van der Waals surface area contributed by atoms with E-state index in [1.807, 2.05) is 19.2 Å². The van der Waals surface area contributed by atoms with Gasteiger partial charge in [0.1, 0.15) is 0 Å². The van der Waals surface area contributed by atoms with Crippen LogP contribution in [0.3, 0.4) is 0 Å². The third-order valence-corrected chi connectivity index (χ3v) is 4.31. The SMILES string of the molecule is CSCC[C@H](N)C(=O)Nc1ccc(C)c(NC(=O)c2ccncc2)c1.Cl. The van der Waals surface area contributed by atoms with Crippen molar-refractivity contribution in [3.05, 3.63) is 53.9 Å². The average Bonchev–Trinajstić information content (AvgIpc) is 2.63. The van der Waals surface area contributed by atoms with Crippen molar-refractivity contribution in [1.82, 2.24) is 4.98 Å². The third kappa shape index (κ3) is 6.33. The van der Waals surface area contributed by atoms with Crippen LogP contribution in [0.4, 0.5) is 11.4 Å². The summed E-state index contributed by atoms with van der Waals surface area (Å²) in [7, 11) is 0. The number of nitrogens with zero attached hydrogens (tertiary/aromatic N) is 1. The number of hydrogen-bond acceptors (Lipinski definition) is 5. The van der Waals surface area contributed by atoms with Gasteiger partial charge in [-0.3, -0.25) is 14.6 Å². The Morgan fingerprint density at radius 1 is 1.19 bits per heavy atom. The Labute approximate surface area is 163 Å². The Hall–Kier alpha value is -2.09. The standard InChI is InChI=1S/C18H22N4O2S.ClH/c1-12-3-4-14(21-18(24)15(19)7-10-25-2)11-16(12)22-17(23)13-5-8-20-9-6-13;/h3-6,8-9,11,15H,7,10,19H2,1-2H3,(H,21,24)(H,22,23);1H/t15-;/m0./s1. The largest absolute Gasteiger partial charge is 0.325 e. The van der Waals surface area contributed by atoms with Crippen molar-refractivity contribution in [1.29, 1.82) is 0 Å². The van der Waals surface area contributed by atoms with Gasteiger partial charge in [0, 0.05) is 29.3 Å². The van der Waals surface area contributed by atoms with E-state index < -0.39 is 6.04 Å². The van der Waals surface area contributed by atoms with Crippen molar-refractivity contribution in [2.45, 2.75) is 19.4 Å². The monoisotopic (exact) mass is 394 g/mol. The zero-order valence-electron chi connectivity index (χ0n) is 14.7. The fraction of sp³-hybridized carbons (Fsp3) is 0.278. The van der Waals surface area contributed by atoms with Gasteiger partial charge in [0.25, 0.3) is 5.91 Å². The number of hydrogen-bond donors (Lipinski definition) is 3. The number of carbonyl (C=O) groups excluding carboxylic acids is 2. The van der Waals surface area contributed by atoms with Crippen molar-refractivity contribution in [2.24, 2.45) is 5.73 Å². The first kappa shape index (κ1) is 22.0. The van der Waals surface area contributed by atoms with Crippen molar-refractivity contribution in [3.63, 3.8) is 0 Å². The quantitative estimate of drug-likeness (QED) is 0.670. The number of nitrogens with one attached hydrogen (secondary N) is 2. The number of thioether (sulfide) groups is 1. The van der Waals surface area contributed by atoms with Crippen LogP contribution >= 0.6 is 24.2 Å². The maximum absolute atomic E-state index is 12.3. The number of aryl methyl sites for hydroxylation is 1. The van der Waals surface area contributed by atoms with Crippen molar-refractivity contribution in [2.75, 3.05) is 22.6 Å². The molecule has 1 atom stereocenters. The summed E-state index contributed by atoms with van der Waals surface area (Å²) in [5.74, 6) is 0.366. The molecule has 1 aromatic carbocycles. The first-order valence-corrected chi connectivity index (χ1v) is 9.28. The summed E-state index contributed by atoms with van der Waals surface area (Å²) in [6, 6.07) is 8.08. The number of carbonyl (C=O) groups is 2. The smallest absolute Gasteiger partial charge is 0.255 e. The molecule has 0 aliphatic heterocycles. The molecule has 6 nitrogen and oxygen atoms in total. The summed E-state index contributed by atoms with van der Waals surface area (Å²) in [5, 5.41) is 5.65. The lowest BCUT2D eigenvalue weighted by atomic mass is 10.1.